The summed E-state index contributed by atoms with van der Waals surface area (Å²) in [5.41, 5.74) is 0.196. The predicted molar refractivity (Wildman–Crippen MR) is 57.8 cm³/mol. The SMILES string of the molecule is CC(C)(C)OC(=O)n1cnc(CCC#N)c1. The van der Waals surface area contributed by atoms with Crippen LogP contribution in [0.2, 0.25) is 0 Å². The van der Waals surface area contributed by atoms with Crippen LogP contribution in [-0.2, 0) is 11.2 Å². The van der Waals surface area contributed by atoms with Gasteiger partial charge in [-0.1, -0.05) is 0 Å². The topological polar surface area (TPSA) is 67.9 Å². The average molecular weight is 221 g/mol. The van der Waals surface area contributed by atoms with Gasteiger partial charge in [-0.2, -0.15) is 5.26 Å². The molecule has 1 aromatic heterocycles. The quantitative estimate of drug-likeness (QED) is 0.767. The molecule has 0 saturated heterocycles. The zero-order valence-electron chi connectivity index (χ0n) is 9.73. The fourth-order valence-corrected chi connectivity index (χ4v) is 1.09. The summed E-state index contributed by atoms with van der Waals surface area (Å²) in [7, 11) is 0. The summed E-state index contributed by atoms with van der Waals surface area (Å²) >= 11 is 0. The maximum Gasteiger partial charge on any atom is 0.419 e. The Morgan fingerprint density at radius 3 is 2.88 bits per heavy atom. The number of rotatable bonds is 2. The molecule has 1 heterocycles. The van der Waals surface area contributed by atoms with Gasteiger partial charge in [-0.25, -0.2) is 14.3 Å². The Labute approximate surface area is 94.7 Å². The Balaban J connectivity index is 2.64. The lowest BCUT2D eigenvalue weighted by Crippen LogP contribution is -2.26. The molecular formula is C11H15N3O2. The first-order valence-corrected chi connectivity index (χ1v) is 5.05. The summed E-state index contributed by atoms with van der Waals surface area (Å²) in [6, 6.07) is 2.03. The van der Waals surface area contributed by atoms with Gasteiger partial charge in [0.25, 0.3) is 0 Å². The molecule has 0 unspecified atom stereocenters. The lowest BCUT2D eigenvalue weighted by molar-refractivity contribution is 0.0536. The number of aromatic nitrogens is 2. The molecule has 0 aromatic carbocycles. The van der Waals surface area contributed by atoms with Crippen LogP contribution in [0.25, 0.3) is 0 Å². The van der Waals surface area contributed by atoms with Crippen LogP contribution in [0, 0.1) is 11.3 Å². The van der Waals surface area contributed by atoms with E-state index >= 15 is 0 Å². The minimum absolute atomic E-state index is 0.394. The van der Waals surface area contributed by atoms with Crippen molar-refractivity contribution in [2.24, 2.45) is 0 Å². The number of nitrogens with zero attached hydrogens (tertiary/aromatic N) is 3. The van der Waals surface area contributed by atoms with Crippen LogP contribution in [-0.4, -0.2) is 21.2 Å². The monoisotopic (exact) mass is 221 g/mol. The zero-order chi connectivity index (χ0) is 12.2. The molecule has 5 nitrogen and oxygen atoms in total. The molecule has 0 N–H and O–H groups in total. The molecule has 16 heavy (non-hydrogen) atoms. The van der Waals surface area contributed by atoms with Crippen molar-refractivity contribution in [2.75, 3.05) is 0 Å². The van der Waals surface area contributed by atoms with Gasteiger partial charge in [-0.05, 0) is 20.8 Å². The molecule has 1 aromatic rings. The summed E-state index contributed by atoms with van der Waals surface area (Å²) in [4.78, 5) is 15.6. The van der Waals surface area contributed by atoms with E-state index in [-0.39, 0.29) is 0 Å². The van der Waals surface area contributed by atoms with E-state index in [1.165, 1.54) is 10.9 Å². The third-order valence-electron chi connectivity index (χ3n) is 1.73. The minimum atomic E-state index is -0.520. The number of nitriles is 1. The normalized spacial score (nSPS) is 10.9. The number of ether oxygens (including phenoxy) is 1. The second-order valence-electron chi connectivity index (χ2n) is 4.41. The van der Waals surface area contributed by atoms with Crippen molar-refractivity contribution >= 4 is 6.09 Å². The molecule has 0 aliphatic rings. The molecule has 0 bridgehead atoms. The molecule has 0 aliphatic carbocycles. The van der Waals surface area contributed by atoms with Crippen molar-refractivity contribution in [2.45, 2.75) is 39.2 Å². The molecule has 5 heteroatoms. The average Bonchev–Trinajstić information content (AvgIpc) is 2.60. The first-order chi connectivity index (χ1) is 7.42. The van der Waals surface area contributed by atoms with Crippen LogP contribution < -0.4 is 0 Å². The van der Waals surface area contributed by atoms with Crippen LogP contribution in [0.3, 0.4) is 0 Å². The number of aryl methyl sites for hydroxylation is 1. The highest BCUT2D eigenvalue weighted by atomic mass is 16.6. The zero-order valence-corrected chi connectivity index (χ0v) is 9.73. The van der Waals surface area contributed by atoms with E-state index in [4.69, 9.17) is 10.00 Å². The van der Waals surface area contributed by atoms with Crippen LogP contribution in [0.15, 0.2) is 12.5 Å². The van der Waals surface area contributed by atoms with Gasteiger partial charge in [0.05, 0.1) is 11.8 Å². The van der Waals surface area contributed by atoms with Gasteiger partial charge >= 0.3 is 6.09 Å². The minimum Gasteiger partial charge on any atom is -0.443 e. The Hall–Kier alpha value is -1.83. The molecule has 0 spiro atoms. The fourth-order valence-electron chi connectivity index (χ4n) is 1.09. The highest BCUT2D eigenvalue weighted by Gasteiger charge is 2.17. The second-order valence-corrected chi connectivity index (χ2v) is 4.41. The standard InChI is InChI=1S/C11H15N3O2/c1-11(2,3)16-10(15)14-7-9(13-8-14)5-4-6-12/h7-8H,4-5H2,1-3H3. The van der Waals surface area contributed by atoms with E-state index in [2.05, 4.69) is 4.98 Å². The van der Waals surface area contributed by atoms with Crippen molar-refractivity contribution in [3.05, 3.63) is 18.2 Å². The van der Waals surface area contributed by atoms with E-state index in [0.717, 1.165) is 0 Å². The van der Waals surface area contributed by atoms with Crippen LogP contribution in [0.5, 0.6) is 0 Å². The van der Waals surface area contributed by atoms with Crippen molar-refractivity contribution in [1.82, 2.24) is 9.55 Å². The van der Waals surface area contributed by atoms with Crippen molar-refractivity contribution in [3.8, 4) is 6.07 Å². The maximum absolute atomic E-state index is 11.6. The molecule has 0 saturated carbocycles. The van der Waals surface area contributed by atoms with Crippen molar-refractivity contribution in [1.29, 1.82) is 5.26 Å². The highest BCUT2D eigenvalue weighted by Crippen LogP contribution is 2.09. The van der Waals surface area contributed by atoms with E-state index < -0.39 is 11.7 Å². The third-order valence-corrected chi connectivity index (χ3v) is 1.73. The first kappa shape index (κ1) is 12.2. The van der Waals surface area contributed by atoms with E-state index in [1.54, 1.807) is 27.0 Å². The van der Waals surface area contributed by atoms with Gasteiger partial charge < -0.3 is 4.74 Å². The van der Waals surface area contributed by atoms with Crippen molar-refractivity contribution in [3.63, 3.8) is 0 Å². The molecule has 0 aliphatic heterocycles. The van der Waals surface area contributed by atoms with E-state index in [9.17, 15) is 4.79 Å². The lowest BCUT2D eigenvalue weighted by Gasteiger charge is -2.19. The van der Waals surface area contributed by atoms with Crippen LogP contribution in [0.4, 0.5) is 4.79 Å². The number of carbonyl (C=O) groups is 1. The highest BCUT2D eigenvalue weighted by molar-refractivity contribution is 5.70. The van der Waals surface area contributed by atoms with Gasteiger partial charge in [0.1, 0.15) is 11.9 Å². The van der Waals surface area contributed by atoms with Gasteiger partial charge in [-0.15, -0.1) is 0 Å². The molecule has 0 radical (unpaired) electrons. The van der Waals surface area contributed by atoms with Crippen LogP contribution >= 0.6 is 0 Å². The fraction of sp³-hybridized carbons (Fsp3) is 0.545. The van der Waals surface area contributed by atoms with E-state index in [1.807, 2.05) is 6.07 Å². The van der Waals surface area contributed by atoms with Gasteiger partial charge in [0.15, 0.2) is 0 Å². The molecule has 1 rings (SSSR count). The third kappa shape index (κ3) is 3.73. The molecular weight excluding hydrogens is 206 g/mol. The first-order valence-electron chi connectivity index (χ1n) is 5.05. The molecule has 0 atom stereocenters. The molecule has 0 fully saturated rings. The Morgan fingerprint density at radius 2 is 2.31 bits per heavy atom. The second kappa shape index (κ2) is 4.79. The molecule has 0 amide bonds. The van der Waals surface area contributed by atoms with Crippen molar-refractivity contribution < 1.29 is 9.53 Å². The Kier molecular flexibility index (Phi) is 3.67. The lowest BCUT2D eigenvalue weighted by atomic mass is 10.2. The summed E-state index contributed by atoms with van der Waals surface area (Å²) < 4.78 is 6.45. The van der Waals surface area contributed by atoms with Crippen LogP contribution in [0.1, 0.15) is 32.9 Å². The largest absolute Gasteiger partial charge is 0.443 e. The van der Waals surface area contributed by atoms with Gasteiger partial charge in [0, 0.05) is 19.0 Å². The van der Waals surface area contributed by atoms with E-state index in [0.29, 0.717) is 18.5 Å². The number of hydrogen-bond donors (Lipinski definition) is 0. The maximum atomic E-state index is 11.6. The summed E-state index contributed by atoms with van der Waals surface area (Å²) in [5, 5.41) is 8.42. The van der Waals surface area contributed by atoms with Gasteiger partial charge in [-0.3, -0.25) is 0 Å². The predicted octanol–water partition coefficient (Wildman–Crippen LogP) is 2.12. The number of imidazole rings is 1. The summed E-state index contributed by atoms with van der Waals surface area (Å²) in [6.07, 6.45) is 3.48. The number of hydrogen-bond acceptors (Lipinski definition) is 4. The Morgan fingerprint density at radius 1 is 1.62 bits per heavy atom. The summed E-state index contributed by atoms with van der Waals surface area (Å²) in [6.45, 7) is 5.41. The molecule has 86 valence electrons. The smallest absolute Gasteiger partial charge is 0.419 e. The summed E-state index contributed by atoms with van der Waals surface area (Å²) in [5.74, 6) is 0. The van der Waals surface area contributed by atoms with Gasteiger partial charge in [0.2, 0.25) is 0 Å². The number of carbonyl (C=O) groups excluding carboxylic acids is 1. The Bertz CT molecular complexity index is 410.